The third kappa shape index (κ3) is 6.97. The van der Waals surface area contributed by atoms with E-state index in [4.69, 9.17) is 0 Å². The molecule has 0 aliphatic heterocycles. The predicted molar refractivity (Wildman–Crippen MR) is 85.3 cm³/mol. The highest BCUT2D eigenvalue weighted by molar-refractivity contribution is 5.18. The molecule has 0 heterocycles. The van der Waals surface area contributed by atoms with E-state index in [-0.39, 0.29) is 0 Å². The molecule has 104 valence electrons. The molecule has 1 aromatic carbocycles. The number of hydrogen-bond donors (Lipinski definition) is 1. The zero-order valence-corrected chi connectivity index (χ0v) is 12.7. The summed E-state index contributed by atoms with van der Waals surface area (Å²) < 4.78 is 0. The van der Waals surface area contributed by atoms with Crippen molar-refractivity contribution in [2.45, 2.75) is 46.6 Å². The Kier molecular flexibility index (Phi) is 7.20. The van der Waals surface area contributed by atoms with Crippen molar-refractivity contribution in [2.75, 3.05) is 6.54 Å². The summed E-state index contributed by atoms with van der Waals surface area (Å²) in [5.74, 6) is 0. The predicted octanol–water partition coefficient (Wildman–Crippen LogP) is 5.03. The fourth-order valence-electron chi connectivity index (χ4n) is 1.96. The van der Waals surface area contributed by atoms with E-state index >= 15 is 0 Å². The number of nitrogens with one attached hydrogen (secondary N) is 1. The van der Waals surface area contributed by atoms with Crippen LogP contribution in [0.1, 0.15) is 52.1 Å². The quantitative estimate of drug-likeness (QED) is 0.675. The van der Waals surface area contributed by atoms with Crippen LogP contribution in [0.15, 0.2) is 53.6 Å². The molecule has 0 amide bonds. The van der Waals surface area contributed by atoms with Gasteiger partial charge in [-0.3, -0.25) is 0 Å². The molecule has 1 nitrogen and oxygen atoms in total. The summed E-state index contributed by atoms with van der Waals surface area (Å²) in [7, 11) is 0. The summed E-state index contributed by atoms with van der Waals surface area (Å²) in [6.07, 6.45) is 6.92. The van der Waals surface area contributed by atoms with E-state index < -0.39 is 0 Å². The Labute approximate surface area is 118 Å². The van der Waals surface area contributed by atoms with Crippen LogP contribution in [0.5, 0.6) is 0 Å². The molecule has 0 fully saturated rings. The standard InChI is InChI=1S/C18H27N/c1-15(2)9-8-10-16(3)13-14-19-17(4)18-11-6-5-7-12-18/h5-7,9,11-13,17,19H,8,10,14H2,1-4H3/b16-13+/t17-/m1/s1. The third-order valence-electron chi connectivity index (χ3n) is 3.27. The van der Waals surface area contributed by atoms with Crippen LogP contribution in [-0.4, -0.2) is 6.54 Å². The fourth-order valence-corrected chi connectivity index (χ4v) is 1.96. The summed E-state index contributed by atoms with van der Waals surface area (Å²) >= 11 is 0. The smallest absolute Gasteiger partial charge is 0.0294 e. The molecule has 19 heavy (non-hydrogen) atoms. The van der Waals surface area contributed by atoms with Gasteiger partial charge in [0.05, 0.1) is 0 Å². The maximum absolute atomic E-state index is 3.54. The highest BCUT2D eigenvalue weighted by Gasteiger charge is 2.01. The summed E-state index contributed by atoms with van der Waals surface area (Å²) in [6, 6.07) is 11.0. The number of allylic oxidation sites excluding steroid dienone is 3. The van der Waals surface area contributed by atoms with Crippen LogP contribution >= 0.6 is 0 Å². The maximum atomic E-state index is 3.54. The molecule has 0 radical (unpaired) electrons. The second-order valence-electron chi connectivity index (χ2n) is 5.41. The van der Waals surface area contributed by atoms with Crippen molar-refractivity contribution in [3.8, 4) is 0 Å². The molecule has 1 aromatic rings. The molecule has 0 saturated heterocycles. The van der Waals surface area contributed by atoms with Gasteiger partial charge in [0.1, 0.15) is 0 Å². The SMILES string of the molecule is CC(C)=CCC/C(C)=C/CN[C@H](C)c1ccccc1. The van der Waals surface area contributed by atoms with Gasteiger partial charge in [-0.05, 0) is 46.1 Å². The first-order chi connectivity index (χ1) is 9.09. The van der Waals surface area contributed by atoms with Crippen molar-refractivity contribution >= 4 is 0 Å². The minimum atomic E-state index is 0.406. The van der Waals surface area contributed by atoms with Gasteiger partial charge in [-0.15, -0.1) is 0 Å². The minimum Gasteiger partial charge on any atom is -0.307 e. The van der Waals surface area contributed by atoms with Crippen LogP contribution in [0, 0.1) is 0 Å². The molecule has 0 aromatic heterocycles. The molecule has 1 N–H and O–H groups in total. The molecule has 0 spiro atoms. The van der Waals surface area contributed by atoms with Crippen LogP contribution in [0.2, 0.25) is 0 Å². The van der Waals surface area contributed by atoms with E-state index in [2.05, 4.69) is 75.5 Å². The molecule has 0 aliphatic rings. The van der Waals surface area contributed by atoms with E-state index in [1.54, 1.807) is 0 Å². The van der Waals surface area contributed by atoms with Gasteiger partial charge in [-0.2, -0.15) is 0 Å². The minimum absolute atomic E-state index is 0.406. The first kappa shape index (κ1) is 15.7. The Hall–Kier alpha value is -1.34. The summed E-state index contributed by atoms with van der Waals surface area (Å²) in [5, 5.41) is 3.54. The third-order valence-corrected chi connectivity index (χ3v) is 3.27. The second kappa shape index (κ2) is 8.71. The van der Waals surface area contributed by atoms with Crippen molar-refractivity contribution < 1.29 is 0 Å². The summed E-state index contributed by atoms with van der Waals surface area (Å²) in [5.41, 5.74) is 4.21. The molecule has 0 aliphatic carbocycles. The van der Waals surface area contributed by atoms with Crippen molar-refractivity contribution in [3.63, 3.8) is 0 Å². The van der Waals surface area contributed by atoms with Crippen molar-refractivity contribution in [2.24, 2.45) is 0 Å². The Balaban J connectivity index is 2.30. The average Bonchev–Trinajstić information content (AvgIpc) is 2.39. The van der Waals surface area contributed by atoms with E-state index in [1.165, 1.54) is 16.7 Å². The zero-order chi connectivity index (χ0) is 14.1. The van der Waals surface area contributed by atoms with Crippen molar-refractivity contribution in [1.29, 1.82) is 0 Å². The topological polar surface area (TPSA) is 12.0 Å². The summed E-state index contributed by atoms with van der Waals surface area (Å²) in [6.45, 7) is 9.68. The number of hydrogen-bond acceptors (Lipinski definition) is 1. The van der Waals surface area contributed by atoms with Crippen molar-refractivity contribution in [1.82, 2.24) is 5.32 Å². The molecule has 1 rings (SSSR count). The summed E-state index contributed by atoms with van der Waals surface area (Å²) in [4.78, 5) is 0. The van der Waals surface area contributed by atoms with Gasteiger partial charge < -0.3 is 5.32 Å². The fraction of sp³-hybridized carbons (Fsp3) is 0.444. The van der Waals surface area contributed by atoms with Crippen LogP contribution in [0.3, 0.4) is 0 Å². The normalized spacial score (nSPS) is 13.2. The zero-order valence-electron chi connectivity index (χ0n) is 12.7. The lowest BCUT2D eigenvalue weighted by molar-refractivity contribution is 0.615. The monoisotopic (exact) mass is 257 g/mol. The Bertz CT molecular complexity index is 411. The van der Waals surface area contributed by atoms with Crippen molar-refractivity contribution in [3.05, 3.63) is 59.2 Å². The Morgan fingerprint density at radius 1 is 1.11 bits per heavy atom. The van der Waals surface area contributed by atoms with E-state index in [0.717, 1.165) is 19.4 Å². The van der Waals surface area contributed by atoms with E-state index in [1.807, 2.05) is 0 Å². The van der Waals surface area contributed by atoms with E-state index in [9.17, 15) is 0 Å². The average molecular weight is 257 g/mol. The lowest BCUT2D eigenvalue weighted by Crippen LogP contribution is -2.18. The molecule has 1 heteroatoms. The lowest BCUT2D eigenvalue weighted by Gasteiger charge is -2.12. The van der Waals surface area contributed by atoms with Gasteiger partial charge in [0.15, 0.2) is 0 Å². The van der Waals surface area contributed by atoms with Gasteiger partial charge >= 0.3 is 0 Å². The maximum Gasteiger partial charge on any atom is 0.0294 e. The highest BCUT2D eigenvalue weighted by atomic mass is 14.9. The largest absolute Gasteiger partial charge is 0.307 e. The Morgan fingerprint density at radius 3 is 2.42 bits per heavy atom. The van der Waals surface area contributed by atoms with Gasteiger partial charge in [-0.25, -0.2) is 0 Å². The first-order valence-electron chi connectivity index (χ1n) is 7.17. The Morgan fingerprint density at radius 2 is 1.79 bits per heavy atom. The molecule has 0 unspecified atom stereocenters. The second-order valence-corrected chi connectivity index (χ2v) is 5.41. The van der Waals surface area contributed by atoms with Gasteiger partial charge in [-0.1, -0.05) is 53.6 Å². The molecular weight excluding hydrogens is 230 g/mol. The molecule has 1 atom stereocenters. The lowest BCUT2D eigenvalue weighted by atomic mass is 10.1. The van der Waals surface area contributed by atoms with Gasteiger partial charge in [0.25, 0.3) is 0 Å². The van der Waals surface area contributed by atoms with Crippen LogP contribution in [-0.2, 0) is 0 Å². The highest BCUT2D eigenvalue weighted by Crippen LogP contribution is 2.11. The number of rotatable bonds is 7. The molecule has 0 saturated carbocycles. The van der Waals surface area contributed by atoms with Crippen LogP contribution in [0.4, 0.5) is 0 Å². The molecule has 0 bridgehead atoms. The van der Waals surface area contributed by atoms with Crippen LogP contribution < -0.4 is 5.32 Å². The van der Waals surface area contributed by atoms with Crippen LogP contribution in [0.25, 0.3) is 0 Å². The molecular formula is C18H27N. The van der Waals surface area contributed by atoms with Gasteiger partial charge in [0.2, 0.25) is 0 Å². The number of benzene rings is 1. The van der Waals surface area contributed by atoms with E-state index in [0.29, 0.717) is 6.04 Å². The van der Waals surface area contributed by atoms with Gasteiger partial charge in [0, 0.05) is 12.6 Å². The first-order valence-corrected chi connectivity index (χ1v) is 7.17.